The maximum Gasteiger partial charge on any atom is 0.0191 e. The van der Waals surface area contributed by atoms with Crippen molar-refractivity contribution in [1.82, 2.24) is 4.98 Å². The second kappa shape index (κ2) is 3.58. The Bertz CT molecular complexity index is 454. The number of aromatic nitrogens is 1. The van der Waals surface area contributed by atoms with Gasteiger partial charge >= 0.3 is 0 Å². The Labute approximate surface area is 90.2 Å². The molecule has 1 aliphatic rings. The van der Waals surface area contributed by atoms with Crippen molar-refractivity contribution < 1.29 is 0 Å². The third kappa shape index (κ3) is 1.70. The number of hydrogen-bond acceptors (Lipinski definition) is 0. The monoisotopic (exact) mass is 197 g/mol. The van der Waals surface area contributed by atoms with E-state index >= 15 is 0 Å². The summed E-state index contributed by atoms with van der Waals surface area (Å²) in [5.74, 6) is 0. The molecule has 1 nitrogen and oxygen atoms in total. The van der Waals surface area contributed by atoms with Crippen LogP contribution < -0.4 is 0 Å². The molecule has 0 saturated heterocycles. The van der Waals surface area contributed by atoms with Crippen LogP contribution in [0.2, 0.25) is 0 Å². The lowest BCUT2D eigenvalue weighted by Crippen LogP contribution is -1.90. The van der Waals surface area contributed by atoms with Crippen LogP contribution in [0, 0.1) is 0 Å². The molecular formula is C14H15N. The molecule has 1 aromatic carbocycles. The number of hydrogen-bond donors (Lipinski definition) is 1. The number of aryl methyl sites for hydroxylation is 2. The Morgan fingerprint density at radius 2 is 2.00 bits per heavy atom. The van der Waals surface area contributed by atoms with E-state index < -0.39 is 0 Å². The minimum Gasteiger partial charge on any atom is -0.365 e. The van der Waals surface area contributed by atoms with Gasteiger partial charge in [0.2, 0.25) is 0 Å². The number of aromatic amines is 1. The molecule has 0 spiro atoms. The molecule has 0 unspecified atom stereocenters. The number of nitrogens with one attached hydrogen (secondary N) is 1. The van der Waals surface area contributed by atoms with Crippen molar-refractivity contribution in [2.24, 2.45) is 0 Å². The third-order valence-electron chi connectivity index (χ3n) is 3.22. The highest BCUT2D eigenvalue weighted by molar-refractivity contribution is 5.36. The average Bonchev–Trinajstić information content (AvgIpc) is 2.87. The smallest absolute Gasteiger partial charge is 0.0191 e. The van der Waals surface area contributed by atoms with E-state index in [2.05, 4.69) is 35.3 Å². The molecule has 2 aromatic rings. The van der Waals surface area contributed by atoms with Crippen molar-refractivity contribution in [1.29, 1.82) is 0 Å². The SMILES string of the molecule is c1c[nH]c(Cc2ccc3c(c2)CCC3)c1. The number of rotatable bonds is 2. The van der Waals surface area contributed by atoms with E-state index in [-0.39, 0.29) is 0 Å². The van der Waals surface area contributed by atoms with Crippen LogP contribution in [-0.4, -0.2) is 4.98 Å². The summed E-state index contributed by atoms with van der Waals surface area (Å²) in [4.78, 5) is 3.25. The van der Waals surface area contributed by atoms with Gasteiger partial charge in [-0.2, -0.15) is 0 Å². The predicted molar refractivity (Wildman–Crippen MR) is 62.1 cm³/mol. The van der Waals surface area contributed by atoms with Crippen molar-refractivity contribution in [2.75, 3.05) is 0 Å². The summed E-state index contributed by atoms with van der Waals surface area (Å²) < 4.78 is 0. The minimum atomic E-state index is 1.03. The van der Waals surface area contributed by atoms with Crippen LogP contribution in [0.4, 0.5) is 0 Å². The largest absolute Gasteiger partial charge is 0.365 e. The van der Waals surface area contributed by atoms with E-state index in [0.29, 0.717) is 0 Å². The van der Waals surface area contributed by atoms with Crippen LogP contribution in [0.15, 0.2) is 36.5 Å². The number of fused-ring (bicyclic) bond motifs is 1. The summed E-state index contributed by atoms with van der Waals surface area (Å²) in [5, 5.41) is 0. The van der Waals surface area contributed by atoms with Crippen LogP contribution in [0.25, 0.3) is 0 Å². The van der Waals surface area contributed by atoms with Crippen LogP contribution >= 0.6 is 0 Å². The van der Waals surface area contributed by atoms with Gasteiger partial charge in [-0.15, -0.1) is 0 Å². The van der Waals surface area contributed by atoms with Crippen LogP contribution in [0.3, 0.4) is 0 Å². The lowest BCUT2D eigenvalue weighted by Gasteiger charge is -2.03. The molecule has 0 saturated carbocycles. The van der Waals surface area contributed by atoms with Gasteiger partial charge < -0.3 is 4.98 Å². The van der Waals surface area contributed by atoms with E-state index in [0.717, 1.165) is 6.42 Å². The molecule has 1 aliphatic carbocycles. The fourth-order valence-electron chi connectivity index (χ4n) is 2.43. The molecule has 1 heterocycles. The third-order valence-corrected chi connectivity index (χ3v) is 3.22. The Morgan fingerprint density at radius 3 is 2.87 bits per heavy atom. The standard InChI is InChI=1S/C14H15N/c1-3-12-7-6-11(9-13(12)4-1)10-14-5-2-8-15-14/h2,5-9,15H,1,3-4,10H2. The maximum atomic E-state index is 3.25. The van der Waals surface area contributed by atoms with E-state index in [4.69, 9.17) is 0 Å². The Balaban J connectivity index is 1.87. The average molecular weight is 197 g/mol. The molecule has 3 rings (SSSR count). The van der Waals surface area contributed by atoms with Crippen molar-refractivity contribution >= 4 is 0 Å². The quantitative estimate of drug-likeness (QED) is 0.761. The molecule has 0 atom stereocenters. The molecule has 0 radical (unpaired) electrons. The zero-order chi connectivity index (χ0) is 10.1. The zero-order valence-electron chi connectivity index (χ0n) is 8.79. The fourth-order valence-corrected chi connectivity index (χ4v) is 2.43. The Morgan fingerprint density at radius 1 is 1.07 bits per heavy atom. The summed E-state index contributed by atoms with van der Waals surface area (Å²) in [6.07, 6.45) is 6.90. The number of H-pyrrole nitrogens is 1. The van der Waals surface area contributed by atoms with Crippen molar-refractivity contribution in [2.45, 2.75) is 25.7 Å². The minimum absolute atomic E-state index is 1.03. The molecule has 76 valence electrons. The zero-order valence-corrected chi connectivity index (χ0v) is 8.79. The normalized spacial score (nSPS) is 14.1. The summed E-state index contributed by atoms with van der Waals surface area (Å²) in [5.41, 5.74) is 5.86. The van der Waals surface area contributed by atoms with Gasteiger partial charge in [-0.3, -0.25) is 0 Å². The van der Waals surface area contributed by atoms with Gasteiger partial charge in [-0.1, -0.05) is 18.2 Å². The van der Waals surface area contributed by atoms with E-state index in [1.165, 1.54) is 30.5 Å². The fraction of sp³-hybridized carbons (Fsp3) is 0.286. The highest BCUT2D eigenvalue weighted by Crippen LogP contribution is 2.23. The summed E-state index contributed by atoms with van der Waals surface area (Å²) >= 11 is 0. The first-order chi connectivity index (χ1) is 7.42. The molecule has 1 N–H and O–H groups in total. The topological polar surface area (TPSA) is 15.8 Å². The lowest BCUT2D eigenvalue weighted by molar-refractivity contribution is 0.911. The summed E-state index contributed by atoms with van der Waals surface area (Å²) in [6.45, 7) is 0. The first kappa shape index (κ1) is 8.78. The summed E-state index contributed by atoms with van der Waals surface area (Å²) in [6, 6.07) is 11.2. The first-order valence-corrected chi connectivity index (χ1v) is 5.65. The van der Waals surface area contributed by atoms with Gasteiger partial charge in [0.05, 0.1) is 0 Å². The van der Waals surface area contributed by atoms with Crippen molar-refractivity contribution in [3.8, 4) is 0 Å². The van der Waals surface area contributed by atoms with Gasteiger partial charge in [0, 0.05) is 18.3 Å². The second-order valence-corrected chi connectivity index (χ2v) is 4.33. The van der Waals surface area contributed by atoms with Gasteiger partial charge in [0.15, 0.2) is 0 Å². The highest BCUT2D eigenvalue weighted by atomic mass is 14.7. The molecule has 0 amide bonds. The van der Waals surface area contributed by atoms with Gasteiger partial charge in [0.1, 0.15) is 0 Å². The Hall–Kier alpha value is -1.50. The second-order valence-electron chi connectivity index (χ2n) is 4.33. The van der Waals surface area contributed by atoms with Crippen molar-refractivity contribution in [3.05, 3.63) is 58.9 Å². The van der Waals surface area contributed by atoms with E-state index in [1.54, 1.807) is 11.1 Å². The molecular weight excluding hydrogens is 182 g/mol. The van der Waals surface area contributed by atoms with Crippen molar-refractivity contribution in [3.63, 3.8) is 0 Å². The summed E-state index contributed by atoms with van der Waals surface area (Å²) in [7, 11) is 0. The molecule has 0 fully saturated rings. The van der Waals surface area contributed by atoms with E-state index in [1.807, 2.05) is 6.20 Å². The molecule has 0 bridgehead atoms. The molecule has 1 heteroatoms. The molecule has 15 heavy (non-hydrogen) atoms. The van der Waals surface area contributed by atoms with Crippen LogP contribution in [-0.2, 0) is 19.3 Å². The Kier molecular flexibility index (Phi) is 2.09. The maximum absolute atomic E-state index is 3.25. The molecule has 0 aliphatic heterocycles. The first-order valence-electron chi connectivity index (χ1n) is 5.65. The number of benzene rings is 1. The predicted octanol–water partition coefficient (Wildman–Crippen LogP) is 3.09. The highest BCUT2D eigenvalue weighted by Gasteiger charge is 2.10. The molecule has 1 aromatic heterocycles. The van der Waals surface area contributed by atoms with Gasteiger partial charge in [0.25, 0.3) is 0 Å². The lowest BCUT2D eigenvalue weighted by atomic mass is 10.0. The van der Waals surface area contributed by atoms with E-state index in [9.17, 15) is 0 Å². The van der Waals surface area contributed by atoms with Gasteiger partial charge in [-0.05, 0) is 48.1 Å². The van der Waals surface area contributed by atoms with Gasteiger partial charge in [-0.25, -0.2) is 0 Å². The van der Waals surface area contributed by atoms with Crippen LogP contribution in [0.5, 0.6) is 0 Å². The van der Waals surface area contributed by atoms with Crippen LogP contribution in [0.1, 0.15) is 28.8 Å².